The first-order chi connectivity index (χ1) is 8.99. The summed E-state index contributed by atoms with van der Waals surface area (Å²) in [5, 5.41) is 1.60. The molecule has 0 saturated carbocycles. The zero-order valence-corrected chi connectivity index (χ0v) is 11.7. The van der Waals surface area contributed by atoms with Gasteiger partial charge >= 0.3 is 0 Å². The Morgan fingerprint density at radius 2 is 2.11 bits per heavy atom. The van der Waals surface area contributed by atoms with Gasteiger partial charge in [0.2, 0.25) is 0 Å². The number of pyridine rings is 1. The lowest BCUT2D eigenvalue weighted by Gasteiger charge is -2.26. The lowest BCUT2D eigenvalue weighted by atomic mass is 10.3. The van der Waals surface area contributed by atoms with Crippen LogP contribution in [0.3, 0.4) is 0 Å². The fourth-order valence-electron chi connectivity index (χ4n) is 1.56. The van der Waals surface area contributed by atoms with Crippen LogP contribution >= 0.6 is 12.2 Å². The first-order valence-corrected chi connectivity index (χ1v) is 7.49. The molecule has 1 saturated heterocycles. The van der Waals surface area contributed by atoms with Gasteiger partial charge < -0.3 is 10.5 Å². The molecule has 0 unspecified atom stereocenters. The Bertz CT molecular complexity index is 553. The summed E-state index contributed by atoms with van der Waals surface area (Å²) < 4.78 is 29.3. The lowest BCUT2D eigenvalue weighted by molar-refractivity contribution is 0.0272. The van der Waals surface area contributed by atoms with E-state index in [1.165, 1.54) is 18.3 Å². The molecule has 0 amide bonds. The van der Waals surface area contributed by atoms with Crippen molar-refractivity contribution in [1.29, 1.82) is 0 Å². The number of nitrogens with one attached hydrogen (secondary N) is 1. The smallest absolute Gasteiger partial charge is 0.254 e. The summed E-state index contributed by atoms with van der Waals surface area (Å²) in [6.45, 7) is 2.03. The second-order valence-corrected chi connectivity index (χ2v) is 6.04. The van der Waals surface area contributed by atoms with Crippen molar-refractivity contribution in [1.82, 2.24) is 14.8 Å². The van der Waals surface area contributed by atoms with Crippen molar-refractivity contribution in [3.8, 4) is 0 Å². The number of sulfonamides is 1. The predicted octanol–water partition coefficient (Wildman–Crippen LogP) is -0.759. The highest BCUT2D eigenvalue weighted by Crippen LogP contribution is 2.09. The number of hydrogen-bond acceptors (Lipinski definition) is 6. The normalized spacial score (nSPS) is 17.3. The molecule has 104 valence electrons. The minimum Gasteiger partial charge on any atom is -0.388 e. The van der Waals surface area contributed by atoms with Gasteiger partial charge in [0, 0.05) is 19.3 Å². The number of hydrazine groups is 1. The van der Waals surface area contributed by atoms with E-state index in [9.17, 15) is 8.42 Å². The first kappa shape index (κ1) is 14.3. The first-order valence-electron chi connectivity index (χ1n) is 5.60. The van der Waals surface area contributed by atoms with E-state index in [0.717, 1.165) is 0 Å². The molecule has 19 heavy (non-hydrogen) atoms. The zero-order chi connectivity index (χ0) is 13.9. The molecular formula is C10H14N4O3S2. The summed E-state index contributed by atoms with van der Waals surface area (Å²) in [5.41, 5.74) is 5.79. The van der Waals surface area contributed by atoms with Crippen LogP contribution in [0.25, 0.3) is 0 Å². The standard InChI is InChI=1S/C10H14N4O3S2/c11-10(18)9-2-1-8(7-12-9)19(15,16)13-14-3-5-17-6-4-14/h1-2,7,13H,3-6H2,(H2,11,18). The molecule has 9 heteroatoms. The van der Waals surface area contributed by atoms with Crippen LogP contribution in [0.15, 0.2) is 23.2 Å². The van der Waals surface area contributed by atoms with Crippen LogP contribution in [-0.2, 0) is 14.8 Å². The van der Waals surface area contributed by atoms with Crippen LogP contribution in [0.5, 0.6) is 0 Å². The molecule has 1 fully saturated rings. The number of rotatable bonds is 4. The number of morpholine rings is 1. The summed E-state index contributed by atoms with van der Waals surface area (Å²) >= 11 is 4.76. The lowest BCUT2D eigenvalue weighted by Crippen LogP contribution is -2.48. The van der Waals surface area contributed by atoms with Gasteiger partial charge in [-0.1, -0.05) is 12.2 Å². The van der Waals surface area contributed by atoms with Crippen molar-refractivity contribution in [2.24, 2.45) is 5.73 Å². The molecule has 7 nitrogen and oxygen atoms in total. The molecule has 2 rings (SSSR count). The quantitative estimate of drug-likeness (QED) is 0.706. The van der Waals surface area contributed by atoms with E-state index >= 15 is 0 Å². The Morgan fingerprint density at radius 1 is 1.42 bits per heavy atom. The van der Waals surface area contributed by atoms with Crippen LogP contribution in [0.2, 0.25) is 0 Å². The molecule has 0 spiro atoms. The molecule has 3 N–H and O–H groups in total. The second kappa shape index (κ2) is 5.88. The van der Waals surface area contributed by atoms with E-state index < -0.39 is 10.0 Å². The molecular weight excluding hydrogens is 288 g/mol. The monoisotopic (exact) mass is 302 g/mol. The Labute approximate surface area is 116 Å². The van der Waals surface area contributed by atoms with E-state index in [0.29, 0.717) is 32.0 Å². The van der Waals surface area contributed by atoms with E-state index in [2.05, 4.69) is 9.82 Å². The van der Waals surface area contributed by atoms with Gasteiger partial charge in [0.1, 0.15) is 9.88 Å². The van der Waals surface area contributed by atoms with Gasteiger partial charge in [-0.15, -0.1) is 4.83 Å². The van der Waals surface area contributed by atoms with Gasteiger partial charge in [0.15, 0.2) is 0 Å². The fourth-order valence-corrected chi connectivity index (χ4v) is 2.75. The highest BCUT2D eigenvalue weighted by Gasteiger charge is 2.20. The van der Waals surface area contributed by atoms with Crippen LogP contribution in [0.4, 0.5) is 0 Å². The van der Waals surface area contributed by atoms with Crippen LogP contribution in [0, 0.1) is 0 Å². The molecule has 1 aliphatic rings. The third-order valence-electron chi connectivity index (χ3n) is 2.56. The molecule has 0 bridgehead atoms. The van der Waals surface area contributed by atoms with Crippen LogP contribution in [-0.4, -0.2) is 49.7 Å². The summed E-state index contributed by atoms with van der Waals surface area (Å²) in [4.78, 5) is 6.59. The highest BCUT2D eigenvalue weighted by atomic mass is 32.2. The Hall–Kier alpha value is -1.13. The second-order valence-electron chi connectivity index (χ2n) is 3.94. The van der Waals surface area contributed by atoms with Crippen molar-refractivity contribution in [3.05, 3.63) is 24.0 Å². The molecule has 0 aromatic carbocycles. The van der Waals surface area contributed by atoms with Gasteiger partial charge in [-0.25, -0.2) is 13.4 Å². The largest absolute Gasteiger partial charge is 0.388 e. The summed E-state index contributed by atoms with van der Waals surface area (Å²) in [6.07, 6.45) is 1.23. The van der Waals surface area contributed by atoms with Crippen molar-refractivity contribution in [2.45, 2.75) is 4.90 Å². The number of nitrogens with two attached hydrogens (primary N) is 1. The Balaban J connectivity index is 2.12. The third-order valence-corrected chi connectivity index (χ3v) is 4.13. The maximum absolute atomic E-state index is 12.1. The third kappa shape index (κ3) is 3.67. The fraction of sp³-hybridized carbons (Fsp3) is 0.400. The van der Waals surface area contributed by atoms with E-state index in [-0.39, 0.29) is 9.88 Å². The number of hydrogen-bond donors (Lipinski definition) is 2. The van der Waals surface area contributed by atoms with Crippen molar-refractivity contribution in [2.75, 3.05) is 26.3 Å². The number of nitrogens with zero attached hydrogens (tertiary/aromatic N) is 2. The highest BCUT2D eigenvalue weighted by molar-refractivity contribution is 7.89. The Morgan fingerprint density at radius 3 is 2.63 bits per heavy atom. The molecule has 1 aliphatic heterocycles. The molecule has 0 atom stereocenters. The van der Waals surface area contributed by atoms with Crippen LogP contribution < -0.4 is 10.6 Å². The molecule has 1 aromatic heterocycles. The van der Waals surface area contributed by atoms with Gasteiger partial charge in [-0.05, 0) is 12.1 Å². The molecule has 0 radical (unpaired) electrons. The SMILES string of the molecule is NC(=S)c1ccc(S(=O)(=O)NN2CCOCC2)cn1. The molecule has 0 aliphatic carbocycles. The number of ether oxygens (including phenoxy) is 1. The van der Waals surface area contributed by atoms with Gasteiger partial charge in [0.25, 0.3) is 10.0 Å². The summed E-state index contributed by atoms with van der Waals surface area (Å²) in [5.74, 6) is 0. The molecule has 1 aromatic rings. The predicted molar refractivity (Wildman–Crippen MR) is 72.8 cm³/mol. The van der Waals surface area contributed by atoms with E-state index in [1.807, 2.05) is 0 Å². The van der Waals surface area contributed by atoms with E-state index in [4.69, 9.17) is 22.7 Å². The average molecular weight is 302 g/mol. The summed E-state index contributed by atoms with van der Waals surface area (Å²) in [7, 11) is -3.63. The number of thiocarbonyl (C=S) groups is 1. The maximum atomic E-state index is 12.1. The number of aromatic nitrogens is 1. The van der Waals surface area contributed by atoms with Gasteiger partial charge in [0.05, 0.1) is 18.9 Å². The minimum absolute atomic E-state index is 0.0685. The zero-order valence-electron chi connectivity index (χ0n) is 10.1. The van der Waals surface area contributed by atoms with Gasteiger partial charge in [-0.2, -0.15) is 0 Å². The van der Waals surface area contributed by atoms with Crippen molar-refractivity contribution >= 4 is 27.2 Å². The van der Waals surface area contributed by atoms with E-state index in [1.54, 1.807) is 5.01 Å². The summed E-state index contributed by atoms with van der Waals surface area (Å²) in [6, 6.07) is 2.90. The topological polar surface area (TPSA) is 97.5 Å². The van der Waals surface area contributed by atoms with Crippen molar-refractivity contribution < 1.29 is 13.2 Å². The van der Waals surface area contributed by atoms with Gasteiger partial charge in [-0.3, -0.25) is 4.98 Å². The average Bonchev–Trinajstić information content (AvgIpc) is 2.39. The minimum atomic E-state index is -3.63. The Kier molecular flexibility index (Phi) is 4.42. The van der Waals surface area contributed by atoms with Crippen molar-refractivity contribution in [3.63, 3.8) is 0 Å². The maximum Gasteiger partial charge on any atom is 0.254 e. The molecule has 2 heterocycles. The van der Waals surface area contributed by atoms with Crippen LogP contribution in [0.1, 0.15) is 5.69 Å².